The molecule has 1 saturated heterocycles. The van der Waals surface area contributed by atoms with E-state index in [0.717, 1.165) is 24.0 Å². The zero-order valence-electron chi connectivity index (χ0n) is 14.0. The zero-order chi connectivity index (χ0) is 16.7. The molecule has 0 radical (unpaired) electrons. The molecule has 128 valence electrons. The van der Waals surface area contributed by atoms with Gasteiger partial charge in [-0.15, -0.1) is 0 Å². The summed E-state index contributed by atoms with van der Waals surface area (Å²) in [5.41, 5.74) is 1.63. The van der Waals surface area contributed by atoms with Crippen molar-refractivity contribution in [3.63, 3.8) is 0 Å². The molecule has 2 aliphatic rings. The molecule has 0 unspecified atom stereocenters. The van der Waals surface area contributed by atoms with E-state index in [4.69, 9.17) is 0 Å². The molecule has 0 atom stereocenters. The summed E-state index contributed by atoms with van der Waals surface area (Å²) in [6, 6.07) is 8.02. The number of benzene rings is 1. The van der Waals surface area contributed by atoms with Gasteiger partial charge < -0.3 is 0 Å². The van der Waals surface area contributed by atoms with Crippen molar-refractivity contribution in [2.24, 2.45) is 0 Å². The first-order valence-corrected chi connectivity index (χ1v) is 10.1. The lowest BCUT2D eigenvalue weighted by atomic mass is 9.91. The Kier molecular flexibility index (Phi) is 4.06. The number of aryl methyl sites for hydroxylation is 1. The van der Waals surface area contributed by atoms with Crippen LogP contribution in [0.1, 0.15) is 24.8 Å². The van der Waals surface area contributed by atoms with Crippen LogP contribution >= 0.6 is 0 Å². The van der Waals surface area contributed by atoms with Gasteiger partial charge >= 0.3 is 0 Å². The Labute approximate surface area is 143 Å². The molecule has 1 aromatic carbocycles. The Balaban J connectivity index is 1.63. The summed E-state index contributed by atoms with van der Waals surface area (Å²) >= 11 is 0. The molecule has 0 spiro atoms. The third kappa shape index (κ3) is 2.62. The number of sulfonamides is 1. The molecule has 0 N–H and O–H groups in total. The molecule has 2 fully saturated rings. The molecule has 24 heavy (non-hydrogen) atoms. The Hall–Kier alpha value is -1.50. The van der Waals surface area contributed by atoms with E-state index in [0.29, 0.717) is 29.5 Å². The maximum Gasteiger partial charge on any atom is 0.245 e. The largest absolute Gasteiger partial charge is 0.298 e. The van der Waals surface area contributed by atoms with Crippen molar-refractivity contribution in [1.29, 1.82) is 0 Å². The quantitative estimate of drug-likeness (QED) is 0.857. The van der Waals surface area contributed by atoms with E-state index in [1.54, 1.807) is 16.6 Å². The number of piperazine rings is 1. The fourth-order valence-corrected chi connectivity index (χ4v) is 5.27. The molecule has 2 heterocycles. The third-order valence-corrected chi connectivity index (χ3v) is 7.36. The van der Waals surface area contributed by atoms with Crippen LogP contribution in [0.2, 0.25) is 0 Å². The maximum atomic E-state index is 13.1. The van der Waals surface area contributed by atoms with Gasteiger partial charge in [0.05, 0.1) is 5.52 Å². The Bertz CT molecular complexity index is 854. The number of hydrogen-bond acceptors (Lipinski definition) is 4. The van der Waals surface area contributed by atoms with Crippen molar-refractivity contribution in [1.82, 2.24) is 14.2 Å². The van der Waals surface area contributed by atoms with Crippen molar-refractivity contribution >= 4 is 20.9 Å². The van der Waals surface area contributed by atoms with E-state index < -0.39 is 10.0 Å². The Morgan fingerprint density at radius 1 is 1.08 bits per heavy atom. The molecule has 1 aliphatic carbocycles. The highest BCUT2D eigenvalue weighted by molar-refractivity contribution is 7.89. The number of aromatic nitrogens is 1. The highest BCUT2D eigenvalue weighted by atomic mass is 32.2. The van der Waals surface area contributed by atoms with Gasteiger partial charge in [-0.2, -0.15) is 4.31 Å². The summed E-state index contributed by atoms with van der Waals surface area (Å²) < 4.78 is 27.9. The fourth-order valence-electron chi connectivity index (χ4n) is 3.70. The Morgan fingerprint density at radius 2 is 1.83 bits per heavy atom. The van der Waals surface area contributed by atoms with Crippen LogP contribution in [0, 0.1) is 6.92 Å². The number of nitrogens with zero attached hydrogens (tertiary/aromatic N) is 3. The van der Waals surface area contributed by atoms with E-state index in [-0.39, 0.29) is 0 Å². The van der Waals surface area contributed by atoms with Crippen LogP contribution in [0.25, 0.3) is 10.9 Å². The van der Waals surface area contributed by atoms with E-state index in [1.165, 1.54) is 19.3 Å². The summed E-state index contributed by atoms with van der Waals surface area (Å²) in [5, 5.41) is 0.909. The minimum atomic E-state index is -3.50. The molecule has 6 heteroatoms. The minimum Gasteiger partial charge on any atom is -0.298 e. The van der Waals surface area contributed by atoms with Crippen LogP contribution in [0.5, 0.6) is 0 Å². The summed E-state index contributed by atoms with van der Waals surface area (Å²) in [6.07, 6.45) is 5.52. The number of pyridine rings is 1. The van der Waals surface area contributed by atoms with Gasteiger partial charge in [-0.25, -0.2) is 8.42 Å². The fraction of sp³-hybridized carbons (Fsp3) is 0.500. The molecule has 0 amide bonds. The van der Waals surface area contributed by atoms with Crippen molar-refractivity contribution in [3.8, 4) is 0 Å². The predicted molar refractivity (Wildman–Crippen MR) is 94.5 cm³/mol. The van der Waals surface area contributed by atoms with Crippen LogP contribution < -0.4 is 0 Å². The Morgan fingerprint density at radius 3 is 2.50 bits per heavy atom. The smallest absolute Gasteiger partial charge is 0.245 e. The van der Waals surface area contributed by atoms with Gasteiger partial charge in [0.15, 0.2) is 0 Å². The lowest BCUT2D eigenvalue weighted by molar-refractivity contribution is 0.0889. The minimum absolute atomic E-state index is 0.334. The maximum absolute atomic E-state index is 13.1. The first kappa shape index (κ1) is 16.0. The molecule has 5 nitrogen and oxygen atoms in total. The SMILES string of the molecule is Cc1ccnc2c(S(=O)(=O)N3CCN(C4CCC4)CC3)cccc12. The van der Waals surface area contributed by atoms with Gasteiger partial charge in [0.2, 0.25) is 10.0 Å². The second-order valence-electron chi connectivity index (χ2n) is 6.80. The van der Waals surface area contributed by atoms with Gasteiger partial charge in [-0.3, -0.25) is 9.88 Å². The molecular weight excluding hydrogens is 322 g/mol. The number of para-hydroxylation sites is 1. The molecule has 1 aliphatic heterocycles. The van der Waals surface area contributed by atoms with Gasteiger partial charge in [0.1, 0.15) is 4.90 Å². The van der Waals surface area contributed by atoms with E-state index >= 15 is 0 Å². The number of hydrogen-bond donors (Lipinski definition) is 0. The number of fused-ring (bicyclic) bond motifs is 1. The van der Waals surface area contributed by atoms with Crippen molar-refractivity contribution in [3.05, 3.63) is 36.0 Å². The van der Waals surface area contributed by atoms with Crippen LogP contribution in [0.15, 0.2) is 35.4 Å². The first-order chi connectivity index (χ1) is 11.6. The van der Waals surface area contributed by atoms with Crippen molar-refractivity contribution in [2.75, 3.05) is 26.2 Å². The van der Waals surface area contributed by atoms with Crippen molar-refractivity contribution < 1.29 is 8.42 Å². The summed E-state index contributed by atoms with van der Waals surface area (Å²) in [6.45, 7) is 4.79. The van der Waals surface area contributed by atoms with Gasteiger partial charge in [0.25, 0.3) is 0 Å². The second-order valence-corrected chi connectivity index (χ2v) is 8.71. The topological polar surface area (TPSA) is 53.5 Å². The number of rotatable bonds is 3. The summed E-state index contributed by atoms with van der Waals surface area (Å²) in [4.78, 5) is 7.13. The van der Waals surface area contributed by atoms with E-state index in [1.807, 2.05) is 25.1 Å². The standard InChI is InChI=1S/C18H23N3O2S/c1-14-8-9-19-18-16(14)6-3-7-17(18)24(22,23)21-12-10-20(11-13-21)15-4-2-5-15/h3,6-9,15H,2,4-5,10-13H2,1H3. The lowest BCUT2D eigenvalue weighted by Crippen LogP contribution is -2.53. The van der Waals surface area contributed by atoms with Crippen LogP contribution in [0.3, 0.4) is 0 Å². The molecule has 1 aromatic heterocycles. The molecule has 1 saturated carbocycles. The highest BCUT2D eigenvalue weighted by Crippen LogP contribution is 2.29. The first-order valence-electron chi connectivity index (χ1n) is 8.66. The van der Waals surface area contributed by atoms with Crippen LogP contribution in [-0.4, -0.2) is 54.8 Å². The van der Waals surface area contributed by atoms with E-state index in [9.17, 15) is 8.42 Å². The second kappa shape index (κ2) is 6.10. The predicted octanol–water partition coefficient (Wildman–Crippen LogP) is 2.40. The summed E-state index contributed by atoms with van der Waals surface area (Å²) in [5.74, 6) is 0. The van der Waals surface area contributed by atoms with Crippen LogP contribution in [0.4, 0.5) is 0 Å². The average Bonchev–Trinajstić information content (AvgIpc) is 2.54. The molecule has 2 aromatic rings. The highest BCUT2D eigenvalue weighted by Gasteiger charge is 2.33. The summed E-state index contributed by atoms with van der Waals surface area (Å²) in [7, 11) is -3.50. The third-order valence-electron chi connectivity index (χ3n) is 5.43. The normalized spacial score (nSPS) is 21.0. The zero-order valence-corrected chi connectivity index (χ0v) is 14.8. The van der Waals surface area contributed by atoms with Gasteiger partial charge in [-0.05, 0) is 37.5 Å². The molecule has 0 bridgehead atoms. The molecule has 4 rings (SSSR count). The van der Waals surface area contributed by atoms with Crippen molar-refractivity contribution in [2.45, 2.75) is 37.1 Å². The van der Waals surface area contributed by atoms with Gasteiger partial charge in [0, 0.05) is 43.8 Å². The molecular formula is C18H23N3O2S. The lowest BCUT2D eigenvalue weighted by Gasteiger charge is -2.42. The van der Waals surface area contributed by atoms with Crippen LogP contribution in [-0.2, 0) is 10.0 Å². The van der Waals surface area contributed by atoms with Gasteiger partial charge in [-0.1, -0.05) is 18.6 Å². The average molecular weight is 345 g/mol. The monoisotopic (exact) mass is 345 g/mol. The van der Waals surface area contributed by atoms with E-state index in [2.05, 4.69) is 9.88 Å².